The van der Waals surface area contributed by atoms with Gasteiger partial charge in [-0.1, -0.05) is 0 Å². The first-order valence-corrected chi connectivity index (χ1v) is 3.09. The summed E-state index contributed by atoms with van der Waals surface area (Å²) in [5.41, 5.74) is 0. The number of hydrogen-bond donors (Lipinski definition) is 0. The highest BCUT2D eigenvalue weighted by Gasteiger charge is 2.22. The fraction of sp³-hybridized carbons (Fsp3) is 0.429. The second-order valence-electron chi connectivity index (χ2n) is 2.14. The van der Waals surface area contributed by atoms with Crippen LogP contribution >= 0.6 is 0 Å². The molecule has 0 aliphatic carbocycles. The lowest BCUT2D eigenvalue weighted by atomic mass is 10.00. The van der Waals surface area contributed by atoms with Crippen LogP contribution in [0.2, 0.25) is 0 Å². The summed E-state index contributed by atoms with van der Waals surface area (Å²) < 4.78 is 4.85. The SMILES string of the molecule is O=CC1CC=COC1C=O. The highest BCUT2D eigenvalue weighted by Crippen LogP contribution is 2.14. The Balaban J connectivity index is 2.61. The van der Waals surface area contributed by atoms with E-state index < -0.39 is 6.10 Å². The van der Waals surface area contributed by atoms with E-state index in [2.05, 4.69) is 0 Å². The maximum atomic E-state index is 10.3. The summed E-state index contributed by atoms with van der Waals surface area (Å²) in [6, 6.07) is 0. The van der Waals surface area contributed by atoms with Crippen LogP contribution in [0.25, 0.3) is 0 Å². The number of ether oxygens (including phenoxy) is 1. The highest BCUT2D eigenvalue weighted by atomic mass is 16.5. The molecule has 3 heteroatoms. The molecule has 0 aromatic rings. The maximum Gasteiger partial charge on any atom is 0.162 e. The van der Waals surface area contributed by atoms with Crippen molar-refractivity contribution in [3.05, 3.63) is 12.3 Å². The topological polar surface area (TPSA) is 43.4 Å². The van der Waals surface area contributed by atoms with Crippen LogP contribution < -0.4 is 0 Å². The highest BCUT2D eigenvalue weighted by molar-refractivity contribution is 5.67. The minimum absolute atomic E-state index is 0.289. The van der Waals surface area contributed by atoms with Crippen LogP contribution in [0.5, 0.6) is 0 Å². The monoisotopic (exact) mass is 140 g/mol. The zero-order valence-corrected chi connectivity index (χ0v) is 5.40. The van der Waals surface area contributed by atoms with Crippen LogP contribution in [-0.2, 0) is 14.3 Å². The molecule has 1 aliphatic rings. The molecule has 0 bridgehead atoms. The molecule has 0 radical (unpaired) electrons. The van der Waals surface area contributed by atoms with Gasteiger partial charge in [-0.3, -0.25) is 4.79 Å². The number of carbonyl (C=O) groups excluding carboxylic acids is 2. The number of carbonyl (C=O) groups is 2. The van der Waals surface area contributed by atoms with Gasteiger partial charge in [-0.25, -0.2) is 0 Å². The fourth-order valence-corrected chi connectivity index (χ4v) is 0.860. The molecule has 54 valence electrons. The summed E-state index contributed by atoms with van der Waals surface area (Å²) in [6.07, 6.45) is 4.64. The normalized spacial score (nSPS) is 30.8. The third-order valence-corrected chi connectivity index (χ3v) is 1.47. The molecule has 2 atom stereocenters. The van der Waals surface area contributed by atoms with Crippen LogP contribution in [0.1, 0.15) is 6.42 Å². The lowest BCUT2D eigenvalue weighted by Crippen LogP contribution is -2.26. The Hall–Kier alpha value is -1.12. The van der Waals surface area contributed by atoms with Gasteiger partial charge in [0, 0.05) is 0 Å². The Morgan fingerprint density at radius 2 is 2.20 bits per heavy atom. The molecule has 1 aliphatic heterocycles. The number of rotatable bonds is 2. The number of aldehydes is 2. The van der Waals surface area contributed by atoms with Gasteiger partial charge in [0.1, 0.15) is 6.29 Å². The van der Waals surface area contributed by atoms with Crippen LogP contribution in [-0.4, -0.2) is 18.7 Å². The summed E-state index contributed by atoms with van der Waals surface area (Å²) >= 11 is 0. The van der Waals surface area contributed by atoms with Gasteiger partial charge < -0.3 is 9.53 Å². The average Bonchev–Trinajstić information content (AvgIpc) is 2.04. The van der Waals surface area contributed by atoms with Gasteiger partial charge in [-0.15, -0.1) is 0 Å². The third-order valence-electron chi connectivity index (χ3n) is 1.47. The molecule has 3 nitrogen and oxygen atoms in total. The number of hydrogen-bond acceptors (Lipinski definition) is 3. The van der Waals surface area contributed by atoms with Crippen molar-refractivity contribution in [2.45, 2.75) is 12.5 Å². The molecule has 1 heterocycles. The van der Waals surface area contributed by atoms with E-state index in [1.807, 2.05) is 0 Å². The Morgan fingerprint density at radius 3 is 2.70 bits per heavy atom. The standard InChI is InChI=1S/C7H8O3/c8-4-6-2-1-3-10-7(6)5-9/h1,3-7H,2H2. The van der Waals surface area contributed by atoms with E-state index >= 15 is 0 Å². The van der Waals surface area contributed by atoms with Crippen molar-refractivity contribution >= 4 is 12.6 Å². The van der Waals surface area contributed by atoms with E-state index in [1.54, 1.807) is 6.08 Å². The van der Waals surface area contributed by atoms with Crippen LogP contribution in [0.15, 0.2) is 12.3 Å². The summed E-state index contributed by atoms with van der Waals surface area (Å²) in [7, 11) is 0. The minimum Gasteiger partial charge on any atom is -0.490 e. The van der Waals surface area contributed by atoms with Crippen molar-refractivity contribution in [3.8, 4) is 0 Å². The van der Waals surface area contributed by atoms with E-state index in [0.29, 0.717) is 12.7 Å². The molecule has 0 spiro atoms. The molecule has 0 N–H and O–H groups in total. The molecule has 2 unspecified atom stereocenters. The van der Waals surface area contributed by atoms with Gasteiger partial charge >= 0.3 is 0 Å². The molecule has 0 aromatic heterocycles. The molecule has 0 fully saturated rings. The van der Waals surface area contributed by atoms with Gasteiger partial charge in [0.05, 0.1) is 12.2 Å². The van der Waals surface area contributed by atoms with Crippen molar-refractivity contribution in [3.63, 3.8) is 0 Å². The van der Waals surface area contributed by atoms with Gasteiger partial charge in [0.25, 0.3) is 0 Å². The average molecular weight is 140 g/mol. The third kappa shape index (κ3) is 1.23. The molecule has 0 saturated heterocycles. The molecule has 0 amide bonds. The lowest BCUT2D eigenvalue weighted by molar-refractivity contribution is -0.125. The van der Waals surface area contributed by atoms with E-state index in [1.165, 1.54) is 6.26 Å². The fourth-order valence-electron chi connectivity index (χ4n) is 0.860. The van der Waals surface area contributed by atoms with Crippen molar-refractivity contribution in [2.75, 3.05) is 0 Å². The molecule has 0 saturated carbocycles. The smallest absolute Gasteiger partial charge is 0.162 e. The molecule has 0 aromatic carbocycles. The number of allylic oxidation sites excluding steroid dienone is 1. The van der Waals surface area contributed by atoms with Crippen LogP contribution in [0, 0.1) is 5.92 Å². The summed E-state index contributed by atoms with van der Waals surface area (Å²) in [6.45, 7) is 0. The Bertz CT molecular complexity index is 144. The Morgan fingerprint density at radius 1 is 1.40 bits per heavy atom. The van der Waals surface area contributed by atoms with Crippen LogP contribution in [0.4, 0.5) is 0 Å². The van der Waals surface area contributed by atoms with Crippen molar-refractivity contribution in [1.29, 1.82) is 0 Å². The van der Waals surface area contributed by atoms with E-state index in [9.17, 15) is 9.59 Å². The zero-order chi connectivity index (χ0) is 7.40. The molecular weight excluding hydrogens is 132 g/mol. The first-order chi connectivity index (χ1) is 4.88. The van der Waals surface area contributed by atoms with E-state index in [0.717, 1.165) is 6.29 Å². The second-order valence-corrected chi connectivity index (χ2v) is 2.14. The maximum absolute atomic E-state index is 10.3. The second kappa shape index (κ2) is 3.15. The van der Waals surface area contributed by atoms with Crippen molar-refractivity contribution in [1.82, 2.24) is 0 Å². The van der Waals surface area contributed by atoms with Gasteiger partial charge in [-0.2, -0.15) is 0 Å². The van der Waals surface area contributed by atoms with E-state index in [-0.39, 0.29) is 5.92 Å². The molecule has 10 heavy (non-hydrogen) atoms. The van der Waals surface area contributed by atoms with Gasteiger partial charge in [-0.05, 0) is 12.5 Å². The Labute approximate surface area is 58.7 Å². The largest absolute Gasteiger partial charge is 0.490 e. The van der Waals surface area contributed by atoms with Crippen LogP contribution in [0.3, 0.4) is 0 Å². The summed E-state index contributed by atoms with van der Waals surface area (Å²) in [5, 5.41) is 0. The zero-order valence-electron chi connectivity index (χ0n) is 5.40. The van der Waals surface area contributed by atoms with Gasteiger partial charge in [0.2, 0.25) is 0 Å². The first-order valence-electron chi connectivity index (χ1n) is 3.09. The lowest BCUT2D eigenvalue weighted by Gasteiger charge is -2.18. The predicted octanol–water partition coefficient (Wildman–Crippen LogP) is 0.303. The van der Waals surface area contributed by atoms with Crippen molar-refractivity contribution < 1.29 is 14.3 Å². The minimum atomic E-state index is -0.567. The predicted molar refractivity (Wildman–Crippen MR) is 34.2 cm³/mol. The summed E-state index contributed by atoms with van der Waals surface area (Å²) in [4.78, 5) is 20.5. The van der Waals surface area contributed by atoms with E-state index in [4.69, 9.17) is 4.74 Å². The molecule has 1 rings (SSSR count). The Kier molecular flexibility index (Phi) is 2.20. The van der Waals surface area contributed by atoms with Gasteiger partial charge in [0.15, 0.2) is 12.4 Å². The first kappa shape index (κ1) is 6.99. The quantitative estimate of drug-likeness (QED) is 0.518. The van der Waals surface area contributed by atoms with Crippen molar-refractivity contribution in [2.24, 2.45) is 5.92 Å². The molecular formula is C7H8O3. The summed E-state index contributed by atoms with van der Waals surface area (Å²) in [5.74, 6) is -0.289.